The Hall–Kier alpha value is -1.58. The van der Waals surface area contributed by atoms with Crippen LogP contribution in [0.4, 0.5) is 8.78 Å². The third-order valence-electron chi connectivity index (χ3n) is 4.70. The summed E-state index contributed by atoms with van der Waals surface area (Å²) in [6, 6.07) is 2.55. The van der Waals surface area contributed by atoms with Gasteiger partial charge in [-0.05, 0) is 31.0 Å². The number of nitrogens with zero attached hydrogens (tertiary/aromatic N) is 1. The number of carbonyl (C=O) groups is 1. The first-order valence-electron chi connectivity index (χ1n) is 8.86. The first-order chi connectivity index (χ1) is 12.3. The van der Waals surface area contributed by atoms with E-state index in [0.717, 1.165) is 34.2 Å². The van der Waals surface area contributed by atoms with E-state index in [0.29, 0.717) is 19.2 Å². The molecule has 1 aliphatic rings. The van der Waals surface area contributed by atoms with Gasteiger partial charge in [-0.15, -0.1) is 0 Å². The molecule has 2 N–H and O–H groups in total. The molecule has 6 nitrogen and oxygen atoms in total. The molecule has 1 saturated heterocycles. The first kappa shape index (κ1) is 20.7. The molecule has 0 saturated carbocycles. The van der Waals surface area contributed by atoms with Crippen LogP contribution in [0.3, 0.4) is 0 Å². The van der Waals surface area contributed by atoms with Gasteiger partial charge in [-0.1, -0.05) is 13.8 Å². The standard InChI is InChI=1S/C17H25F2N3O3S/c1-3-14(4-2)20-17(23)12-21-7-9-22(10-8-21)26(24,25)16-11-13(18)5-6-15(16)19/h5-6,11,14H,3-4,7-10,12H2,1-2H3,(H,20,23)/p+1. The van der Waals surface area contributed by atoms with Crippen LogP contribution in [0.25, 0.3) is 0 Å². The van der Waals surface area contributed by atoms with E-state index in [-0.39, 0.29) is 31.6 Å². The molecule has 0 aromatic heterocycles. The molecule has 1 aromatic rings. The van der Waals surface area contributed by atoms with Crippen LogP contribution in [0, 0.1) is 11.6 Å². The van der Waals surface area contributed by atoms with Gasteiger partial charge in [0.25, 0.3) is 5.91 Å². The van der Waals surface area contributed by atoms with Crippen molar-refractivity contribution in [3.8, 4) is 0 Å². The number of benzene rings is 1. The van der Waals surface area contributed by atoms with Crippen LogP contribution in [0.1, 0.15) is 26.7 Å². The third-order valence-corrected chi connectivity index (χ3v) is 6.62. The van der Waals surface area contributed by atoms with E-state index >= 15 is 0 Å². The average Bonchev–Trinajstić information content (AvgIpc) is 2.62. The Kier molecular flexibility index (Phi) is 7.08. The van der Waals surface area contributed by atoms with E-state index < -0.39 is 26.6 Å². The summed E-state index contributed by atoms with van der Waals surface area (Å²) >= 11 is 0. The van der Waals surface area contributed by atoms with Crippen molar-refractivity contribution >= 4 is 15.9 Å². The van der Waals surface area contributed by atoms with E-state index in [4.69, 9.17) is 0 Å². The molecule has 0 spiro atoms. The second-order valence-corrected chi connectivity index (χ2v) is 8.39. The van der Waals surface area contributed by atoms with Crippen LogP contribution < -0.4 is 10.2 Å². The maximum Gasteiger partial charge on any atom is 0.275 e. The van der Waals surface area contributed by atoms with Gasteiger partial charge in [0, 0.05) is 6.04 Å². The highest BCUT2D eigenvalue weighted by atomic mass is 32.2. The summed E-state index contributed by atoms with van der Waals surface area (Å²) in [4.78, 5) is 12.4. The largest absolute Gasteiger partial charge is 0.349 e. The van der Waals surface area contributed by atoms with Gasteiger partial charge >= 0.3 is 0 Å². The van der Waals surface area contributed by atoms with Crippen molar-refractivity contribution in [1.82, 2.24) is 9.62 Å². The smallest absolute Gasteiger partial charge is 0.275 e. The lowest BCUT2D eigenvalue weighted by Gasteiger charge is -2.31. The molecule has 2 rings (SSSR count). The number of halogens is 2. The highest BCUT2D eigenvalue weighted by molar-refractivity contribution is 7.89. The van der Waals surface area contributed by atoms with Gasteiger partial charge in [0.2, 0.25) is 10.0 Å². The maximum atomic E-state index is 13.8. The van der Waals surface area contributed by atoms with Crippen LogP contribution in [-0.4, -0.2) is 57.4 Å². The first-order valence-corrected chi connectivity index (χ1v) is 10.3. The van der Waals surface area contributed by atoms with Crippen LogP contribution in [0.15, 0.2) is 23.1 Å². The number of sulfonamides is 1. The van der Waals surface area contributed by atoms with Crippen molar-refractivity contribution in [1.29, 1.82) is 0 Å². The zero-order valence-corrected chi connectivity index (χ0v) is 15.9. The number of hydrogen-bond donors (Lipinski definition) is 2. The summed E-state index contributed by atoms with van der Waals surface area (Å²) in [5.74, 6) is -1.82. The maximum absolute atomic E-state index is 13.8. The fourth-order valence-corrected chi connectivity index (χ4v) is 4.55. The predicted octanol–water partition coefficient (Wildman–Crippen LogP) is 0.159. The van der Waals surface area contributed by atoms with E-state index in [2.05, 4.69) is 5.32 Å². The number of amides is 1. The monoisotopic (exact) mass is 390 g/mol. The summed E-state index contributed by atoms with van der Waals surface area (Å²) in [6.07, 6.45) is 1.73. The Morgan fingerprint density at radius 1 is 1.23 bits per heavy atom. The van der Waals surface area contributed by atoms with Gasteiger partial charge in [-0.25, -0.2) is 17.2 Å². The number of rotatable bonds is 7. The minimum absolute atomic E-state index is 0.0545. The molecule has 1 heterocycles. The van der Waals surface area contributed by atoms with Crippen molar-refractivity contribution in [3.63, 3.8) is 0 Å². The lowest BCUT2D eigenvalue weighted by Crippen LogP contribution is -3.15. The summed E-state index contributed by atoms with van der Waals surface area (Å²) < 4.78 is 53.4. The van der Waals surface area contributed by atoms with Gasteiger partial charge in [0.1, 0.15) is 16.5 Å². The van der Waals surface area contributed by atoms with Crippen molar-refractivity contribution < 1.29 is 26.9 Å². The predicted molar refractivity (Wildman–Crippen MR) is 93.2 cm³/mol. The number of quaternary nitrogens is 1. The normalized spacial score (nSPS) is 16.8. The Labute approximate surface area is 153 Å². The molecule has 0 unspecified atom stereocenters. The number of nitrogens with one attached hydrogen (secondary N) is 2. The third kappa shape index (κ3) is 4.99. The summed E-state index contributed by atoms with van der Waals surface area (Å²) in [7, 11) is -4.09. The zero-order chi connectivity index (χ0) is 19.3. The Morgan fingerprint density at radius 3 is 2.42 bits per heavy atom. The minimum atomic E-state index is -4.09. The van der Waals surface area contributed by atoms with Crippen LogP contribution in [-0.2, 0) is 14.8 Å². The van der Waals surface area contributed by atoms with E-state index in [9.17, 15) is 22.0 Å². The SMILES string of the molecule is CCC(CC)NC(=O)C[NH+]1CCN(S(=O)(=O)c2cc(F)ccc2F)CC1. The lowest BCUT2D eigenvalue weighted by atomic mass is 10.2. The summed E-state index contributed by atoms with van der Waals surface area (Å²) in [5.41, 5.74) is 0. The summed E-state index contributed by atoms with van der Waals surface area (Å²) in [6.45, 7) is 5.49. The van der Waals surface area contributed by atoms with Gasteiger partial charge in [-0.2, -0.15) is 4.31 Å². The molecule has 1 aromatic carbocycles. The highest BCUT2D eigenvalue weighted by Gasteiger charge is 2.33. The second-order valence-electron chi connectivity index (χ2n) is 6.49. The zero-order valence-electron chi connectivity index (χ0n) is 15.1. The molecular weight excluding hydrogens is 364 g/mol. The number of hydrogen-bond acceptors (Lipinski definition) is 3. The van der Waals surface area contributed by atoms with Crippen LogP contribution in [0.5, 0.6) is 0 Å². The average molecular weight is 390 g/mol. The molecule has 9 heteroatoms. The molecule has 0 bridgehead atoms. The molecule has 0 radical (unpaired) electrons. The van der Waals surface area contributed by atoms with Crippen LogP contribution >= 0.6 is 0 Å². The minimum Gasteiger partial charge on any atom is -0.349 e. The van der Waals surface area contributed by atoms with E-state index in [1.54, 1.807) is 0 Å². The van der Waals surface area contributed by atoms with Gasteiger partial charge < -0.3 is 10.2 Å². The quantitative estimate of drug-likeness (QED) is 0.697. The van der Waals surface area contributed by atoms with Crippen molar-refractivity contribution in [2.24, 2.45) is 0 Å². The molecule has 26 heavy (non-hydrogen) atoms. The molecule has 0 aliphatic carbocycles. The molecule has 1 aliphatic heterocycles. The summed E-state index contributed by atoms with van der Waals surface area (Å²) in [5, 5.41) is 2.96. The van der Waals surface area contributed by atoms with Gasteiger partial charge in [-0.3, -0.25) is 4.79 Å². The molecule has 1 fully saturated rings. The molecule has 146 valence electrons. The van der Waals surface area contributed by atoms with Crippen molar-refractivity contribution in [2.75, 3.05) is 32.7 Å². The topological polar surface area (TPSA) is 70.9 Å². The number of piperazine rings is 1. The Bertz CT molecular complexity index is 731. The fourth-order valence-electron chi connectivity index (χ4n) is 3.03. The molecule has 1 amide bonds. The fraction of sp³-hybridized carbons (Fsp3) is 0.588. The van der Waals surface area contributed by atoms with Crippen molar-refractivity contribution in [2.45, 2.75) is 37.6 Å². The van der Waals surface area contributed by atoms with E-state index in [1.165, 1.54) is 0 Å². The molecular formula is C17H26F2N3O3S+. The Morgan fingerprint density at radius 2 is 1.85 bits per heavy atom. The second kappa shape index (κ2) is 8.88. The van der Waals surface area contributed by atoms with Crippen molar-refractivity contribution in [3.05, 3.63) is 29.8 Å². The highest BCUT2D eigenvalue weighted by Crippen LogP contribution is 2.20. The van der Waals surface area contributed by atoms with Gasteiger partial charge in [0.05, 0.1) is 26.2 Å². The number of carbonyl (C=O) groups excluding carboxylic acids is 1. The van der Waals surface area contributed by atoms with E-state index in [1.807, 2.05) is 13.8 Å². The van der Waals surface area contributed by atoms with Gasteiger partial charge in [0.15, 0.2) is 6.54 Å². The lowest BCUT2D eigenvalue weighted by molar-refractivity contribution is -0.895. The van der Waals surface area contributed by atoms with Crippen LogP contribution in [0.2, 0.25) is 0 Å². The Balaban J connectivity index is 1.95. The molecule has 0 atom stereocenters.